The van der Waals surface area contributed by atoms with Crippen molar-refractivity contribution < 1.29 is 19.1 Å². The predicted octanol–water partition coefficient (Wildman–Crippen LogP) is 4.90. The van der Waals surface area contributed by atoms with Gasteiger partial charge in [-0.2, -0.15) is 0 Å². The maximum Gasteiger partial charge on any atom is 0.367 e. The second-order valence-corrected chi connectivity index (χ2v) is 6.39. The summed E-state index contributed by atoms with van der Waals surface area (Å²) in [6.45, 7) is 1.98. The van der Waals surface area contributed by atoms with E-state index in [-0.39, 0.29) is 6.61 Å². The van der Waals surface area contributed by atoms with Gasteiger partial charge in [0.25, 0.3) is 0 Å². The van der Waals surface area contributed by atoms with Crippen molar-refractivity contribution in [1.82, 2.24) is 0 Å². The number of nitrogens with zero attached hydrogens (tertiary/aromatic N) is 1. The summed E-state index contributed by atoms with van der Waals surface area (Å²) in [5.41, 5.74) is 2.52. The van der Waals surface area contributed by atoms with Gasteiger partial charge in [0.2, 0.25) is 0 Å². The zero-order valence-corrected chi connectivity index (χ0v) is 15.6. The zero-order valence-electron chi connectivity index (χ0n) is 14.1. The maximum atomic E-state index is 11.6. The van der Waals surface area contributed by atoms with Crippen LogP contribution in [0.1, 0.15) is 18.1 Å². The summed E-state index contributed by atoms with van der Waals surface area (Å²) in [4.78, 5) is 16.3. The van der Waals surface area contributed by atoms with Gasteiger partial charge in [0.1, 0.15) is 6.61 Å². The zero-order chi connectivity index (χ0) is 18.7. The molecule has 0 saturated heterocycles. The van der Waals surface area contributed by atoms with E-state index in [0.29, 0.717) is 32.8 Å². The third-order valence-electron chi connectivity index (χ3n) is 3.77. The highest BCUT2D eigenvalue weighted by atomic mass is 35.5. The molecule has 134 valence electrons. The molecule has 5 nitrogen and oxygen atoms in total. The lowest BCUT2D eigenvalue weighted by Crippen LogP contribution is -2.02. The van der Waals surface area contributed by atoms with Gasteiger partial charge in [0.05, 0.1) is 18.4 Å². The van der Waals surface area contributed by atoms with Gasteiger partial charge in [-0.3, -0.25) is 0 Å². The molecule has 0 fully saturated rings. The van der Waals surface area contributed by atoms with Crippen LogP contribution in [0.5, 0.6) is 11.5 Å². The van der Waals surface area contributed by atoms with E-state index in [1.54, 1.807) is 44.4 Å². The van der Waals surface area contributed by atoms with E-state index in [9.17, 15) is 4.79 Å². The van der Waals surface area contributed by atoms with Crippen molar-refractivity contribution in [1.29, 1.82) is 0 Å². The highest BCUT2D eigenvalue weighted by Crippen LogP contribution is 2.31. The SMILES string of the molecule is COc1cc(/C=C2/C(=O)ON=C2C)ccc1OCc1ccc(Cl)cc1Cl. The van der Waals surface area contributed by atoms with Crippen molar-refractivity contribution in [3.05, 3.63) is 63.1 Å². The number of hydrogen-bond acceptors (Lipinski definition) is 5. The third kappa shape index (κ3) is 4.00. The molecule has 7 heteroatoms. The van der Waals surface area contributed by atoms with Crippen LogP contribution in [0.25, 0.3) is 6.08 Å². The number of carbonyl (C=O) groups excluding carboxylic acids is 1. The molecule has 0 amide bonds. The Morgan fingerprint density at radius 3 is 2.62 bits per heavy atom. The normalized spacial score (nSPS) is 15.0. The maximum absolute atomic E-state index is 11.6. The molecule has 1 aliphatic rings. The summed E-state index contributed by atoms with van der Waals surface area (Å²) >= 11 is 12.1. The van der Waals surface area contributed by atoms with Crippen LogP contribution in [0.3, 0.4) is 0 Å². The Bertz CT molecular complexity index is 922. The Morgan fingerprint density at radius 1 is 1.15 bits per heavy atom. The first kappa shape index (κ1) is 18.3. The lowest BCUT2D eigenvalue weighted by Gasteiger charge is -2.12. The lowest BCUT2D eigenvalue weighted by atomic mass is 10.1. The molecule has 0 aliphatic carbocycles. The molecule has 0 bridgehead atoms. The fourth-order valence-electron chi connectivity index (χ4n) is 2.37. The van der Waals surface area contributed by atoms with Crippen molar-refractivity contribution in [3.8, 4) is 11.5 Å². The molecule has 0 spiro atoms. The average molecular weight is 392 g/mol. The van der Waals surface area contributed by atoms with E-state index in [2.05, 4.69) is 9.99 Å². The van der Waals surface area contributed by atoms with E-state index in [4.69, 9.17) is 32.7 Å². The van der Waals surface area contributed by atoms with Gasteiger partial charge in [-0.05, 0) is 42.8 Å². The lowest BCUT2D eigenvalue weighted by molar-refractivity contribution is -0.136. The van der Waals surface area contributed by atoms with Gasteiger partial charge in [-0.1, -0.05) is 40.5 Å². The largest absolute Gasteiger partial charge is 0.493 e. The van der Waals surface area contributed by atoms with Crippen LogP contribution in [0.15, 0.2) is 47.1 Å². The van der Waals surface area contributed by atoms with Crippen molar-refractivity contribution in [3.63, 3.8) is 0 Å². The molecule has 0 N–H and O–H groups in total. The summed E-state index contributed by atoms with van der Waals surface area (Å²) < 4.78 is 11.2. The monoisotopic (exact) mass is 391 g/mol. The van der Waals surface area contributed by atoms with Crippen LogP contribution in [0.4, 0.5) is 0 Å². The standard InChI is InChI=1S/C19H15Cl2NO4/c1-11-15(19(23)26-22-11)7-12-3-6-17(18(8-12)24-2)25-10-13-4-5-14(20)9-16(13)21/h3-9H,10H2,1-2H3/b15-7+. The van der Waals surface area contributed by atoms with Crippen molar-refractivity contribution in [2.24, 2.45) is 5.16 Å². The number of oxime groups is 1. The smallest absolute Gasteiger partial charge is 0.367 e. The Hall–Kier alpha value is -2.50. The van der Waals surface area contributed by atoms with Crippen LogP contribution < -0.4 is 9.47 Å². The van der Waals surface area contributed by atoms with Crippen molar-refractivity contribution in [2.75, 3.05) is 7.11 Å². The number of ether oxygens (including phenoxy) is 2. The summed E-state index contributed by atoms with van der Waals surface area (Å²) in [5, 5.41) is 4.76. The molecule has 0 radical (unpaired) electrons. The van der Waals surface area contributed by atoms with E-state index >= 15 is 0 Å². The van der Waals surface area contributed by atoms with Gasteiger partial charge in [-0.25, -0.2) is 4.79 Å². The molecule has 0 unspecified atom stereocenters. The summed E-state index contributed by atoms with van der Waals surface area (Å²) in [6.07, 6.45) is 1.69. The van der Waals surface area contributed by atoms with Crippen LogP contribution in [0, 0.1) is 0 Å². The van der Waals surface area contributed by atoms with Gasteiger partial charge >= 0.3 is 5.97 Å². The minimum absolute atomic E-state index is 0.269. The summed E-state index contributed by atoms with van der Waals surface area (Å²) in [5.74, 6) is 0.615. The molecule has 0 saturated carbocycles. The number of rotatable bonds is 5. The van der Waals surface area contributed by atoms with Crippen LogP contribution in [-0.4, -0.2) is 18.8 Å². The molecule has 26 heavy (non-hydrogen) atoms. The molecule has 2 aromatic carbocycles. The number of hydrogen-bond donors (Lipinski definition) is 0. The fraction of sp³-hybridized carbons (Fsp3) is 0.158. The second kappa shape index (κ2) is 7.81. The first-order valence-corrected chi connectivity index (χ1v) is 8.46. The molecular formula is C19H15Cl2NO4. The molecular weight excluding hydrogens is 377 g/mol. The molecule has 0 atom stereocenters. The van der Waals surface area contributed by atoms with E-state index in [0.717, 1.165) is 11.1 Å². The topological polar surface area (TPSA) is 57.1 Å². The molecule has 0 aromatic heterocycles. The Balaban J connectivity index is 1.80. The Labute approximate surface area is 160 Å². The number of methoxy groups -OCH3 is 1. The molecule has 3 rings (SSSR count). The average Bonchev–Trinajstić information content (AvgIpc) is 2.93. The van der Waals surface area contributed by atoms with Gasteiger partial charge in [0.15, 0.2) is 11.5 Å². The number of halogens is 2. The number of carbonyl (C=O) groups is 1. The van der Waals surface area contributed by atoms with Crippen LogP contribution in [0.2, 0.25) is 10.0 Å². The van der Waals surface area contributed by atoms with E-state index in [1.807, 2.05) is 12.1 Å². The first-order valence-electron chi connectivity index (χ1n) is 7.70. The fourth-order valence-corrected chi connectivity index (χ4v) is 2.84. The Kier molecular flexibility index (Phi) is 5.49. The molecule has 1 heterocycles. The van der Waals surface area contributed by atoms with Gasteiger partial charge in [-0.15, -0.1) is 0 Å². The van der Waals surface area contributed by atoms with E-state index in [1.165, 1.54) is 0 Å². The predicted molar refractivity (Wildman–Crippen MR) is 101 cm³/mol. The number of benzene rings is 2. The van der Waals surface area contributed by atoms with Gasteiger partial charge < -0.3 is 14.3 Å². The van der Waals surface area contributed by atoms with E-state index < -0.39 is 5.97 Å². The summed E-state index contributed by atoms with van der Waals surface area (Å²) in [7, 11) is 1.55. The Morgan fingerprint density at radius 2 is 1.96 bits per heavy atom. The quantitative estimate of drug-likeness (QED) is 0.537. The highest BCUT2D eigenvalue weighted by Gasteiger charge is 2.21. The first-order chi connectivity index (χ1) is 12.5. The minimum Gasteiger partial charge on any atom is -0.493 e. The van der Waals surface area contributed by atoms with Gasteiger partial charge in [0, 0.05) is 15.6 Å². The molecule has 2 aromatic rings. The third-order valence-corrected chi connectivity index (χ3v) is 4.36. The van der Waals surface area contributed by atoms with Crippen LogP contribution in [-0.2, 0) is 16.2 Å². The molecule has 1 aliphatic heterocycles. The minimum atomic E-state index is -0.473. The van der Waals surface area contributed by atoms with Crippen molar-refractivity contribution >= 4 is 41.0 Å². The highest BCUT2D eigenvalue weighted by molar-refractivity contribution is 6.35. The van der Waals surface area contributed by atoms with Crippen molar-refractivity contribution in [2.45, 2.75) is 13.5 Å². The second-order valence-electron chi connectivity index (χ2n) is 5.55. The summed E-state index contributed by atoms with van der Waals surface area (Å²) in [6, 6.07) is 10.6. The van der Waals surface area contributed by atoms with Crippen LogP contribution >= 0.6 is 23.2 Å².